The molecular formula is C18H18N2O. The lowest BCUT2D eigenvalue weighted by Gasteiger charge is -2.12. The summed E-state index contributed by atoms with van der Waals surface area (Å²) in [7, 11) is 1.78. The fraction of sp³-hybridized carbons (Fsp3) is 0.222. The van der Waals surface area contributed by atoms with E-state index in [1.165, 1.54) is 11.1 Å². The van der Waals surface area contributed by atoms with Gasteiger partial charge in [0.25, 0.3) is 5.91 Å². The maximum absolute atomic E-state index is 12.2. The van der Waals surface area contributed by atoms with E-state index in [-0.39, 0.29) is 5.91 Å². The average Bonchev–Trinajstić information content (AvgIpc) is 2.73. The summed E-state index contributed by atoms with van der Waals surface area (Å²) < 4.78 is 0. The molecule has 0 atom stereocenters. The molecule has 0 aromatic heterocycles. The molecule has 2 aromatic carbocycles. The Balaban J connectivity index is 2.17. The molecule has 3 heteroatoms. The zero-order valence-electron chi connectivity index (χ0n) is 12.8. The topological polar surface area (TPSA) is 32.7 Å². The standard InChI is InChI=1S/C18H18N2O/c1-11-9-10-16(13(3)12(11)2)19-17-14-7-5-6-8-15(14)18(21)20(17)4/h5-10H,1-4H3. The first kappa shape index (κ1) is 13.6. The van der Waals surface area contributed by atoms with Crippen molar-refractivity contribution in [3.05, 3.63) is 64.2 Å². The lowest BCUT2D eigenvalue weighted by Crippen LogP contribution is -2.25. The predicted molar refractivity (Wildman–Crippen MR) is 85.4 cm³/mol. The van der Waals surface area contributed by atoms with Crippen molar-refractivity contribution in [1.29, 1.82) is 0 Å². The molecule has 106 valence electrons. The van der Waals surface area contributed by atoms with Gasteiger partial charge in [0.1, 0.15) is 5.84 Å². The number of rotatable bonds is 1. The van der Waals surface area contributed by atoms with Crippen molar-refractivity contribution in [2.24, 2.45) is 4.99 Å². The van der Waals surface area contributed by atoms with E-state index < -0.39 is 0 Å². The number of amides is 1. The van der Waals surface area contributed by atoms with Crippen LogP contribution >= 0.6 is 0 Å². The normalized spacial score (nSPS) is 15.7. The van der Waals surface area contributed by atoms with E-state index in [0.29, 0.717) is 0 Å². The van der Waals surface area contributed by atoms with Gasteiger partial charge in [-0.1, -0.05) is 24.3 Å². The highest BCUT2D eigenvalue weighted by Gasteiger charge is 2.30. The number of benzene rings is 2. The quantitative estimate of drug-likeness (QED) is 0.781. The highest BCUT2D eigenvalue weighted by molar-refractivity contribution is 6.23. The minimum atomic E-state index is 0.00540. The Morgan fingerprint density at radius 2 is 1.57 bits per heavy atom. The lowest BCUT2D eigenvalue weighted by molar-refractivity contribution is 0.0882. The molecular weight excluding hydrogens is 260 g/mol. The molecule has 1 aliphatic heterocycles. The molecule has 0 bridgehead atoms. The van der Waals surface area contributed by atoms with Crippen molar-refractivity contribution >= 4 is 17.4 Å². The van der Waals surface area contributed by atoms with Gasteiger partial charge in [0.05, 0.1) is 11.3 Å². The highest BCUT2D eigenvalue weighted by Crippen LogP contribution is 2.28. The van der Waals surface area contributed by atoms with Crippen LogP contribution in [0.1, 0.15) is 32.6 Å². The first-order valence-electron chi connectivity index (χ1n) is 7.03. The summed E-state index contributed by atoms with van der Waals surface area (Å²) in [4.78, 5) is 18.6. The Morgan fingerprint density at radius 1 is 0.905 bits per heavy atom. The number of fused-ring (bicyclic) bond motifs is 1. The van der Waals surface area contributed by atoms with Crippen molar-refractivity contribution in [3.63, 3.8) is 0 Å². The van der Waals surface area contributed by atoms with E-state index in [0.717, 1.165) is 28.2 Å². The number of hydrogen-bond acceptors (Lipinski definition) is 2. The zero-order valence-corrected chi connectivity index (χ0v) is 12.8. The Labute approximate surface area is 124 Å². The van der Waals surface area contributed by atoms with E-state index in [1.54, 1.807) is 11.9 Å². The molecule has 3 rings (SSSR count). The lowest BCUT2D eigenvalue weighted by atomic mass is 10.0. The molecule has 0 fully saturated rings. The van der Waals surface area contributed by atoms with Gasteiger partial charge in [-0.05, 0) is 49.6 Å². The molecule has 0 aliphatic carbocycles. The number of carbonyl (C=O) groups is 1. The molecule has 1 amide bonds. The summed E-state index contributed by atoms with van der Waals surface area (Å²) in [5.41, 5.74) is 6.21. The molecule has 0 spiro atoms. The Bertz CT molecular complexity index is 775. The maximum Gasteiger partial charge on any atom is 0.259 e. The number of aryl methyl sites for hydroxylation is 1. The molecule has 2 aromatic rings. The average molecular weight is 278 g/mol. The van der Waals surface area contributed by atoms with Gasteiger partial charge in [-0.15, -0.1) is 0 Å². The van der Waals surface area contributed by atoms with Crippen LogP contribution in [-0.2, 0) is 0 Å². The zero-order chi connectivity index (χ0) is 15.1. The number of hydrogen-bond donors (Lipinski definition) is 0. The summed E-state index contributed by atoms with van der Waals surface area (Å²) in [6.45, 7) is 6.27. The monoisotopic (exact) mass is 278 g/mol. The van der Waals surface area contributed by atoms with Crippen molar-refractivity contribution < 1.29 is 4.79 Å². The molecule has 3 nitrogen and oxygen atoms in total. The van der Waals surface area contributed by atoms with Gasteiger partial charge in [-0.25, -0.2) is 4.99 Å². The van der Waals surface area contributed by atoms with Gasteiger partial charge in [-0.3, -0.25) is 9.69 Å². The molecule has 1 heterocycles. The number of aliphatic imine (C=N–C) groups is 1. The van der Waals surface area contributed by atoms with Crippen LogP contribution in [0.3, 0.4) is 0 Å². The minimum absolute atomic E-state index is 0.00540. The third-order valence-electron chi connectivity index (χ3n) is 4.28. The molecule has 0 unspecified atom stereocenters. The molecule has 1 aliphatic rings. The predicted octanol–water partition coefficient (Wildman–Crippen LogP) is 3.78. The smallest absolute Gasteiger partial charge is 0.259 e. The SMILES string of the molecule is Cc1ccc(N=C2c3ccccc3C(=O)N2C)c(C)c1C. The van der Waals surface area contributed by atoms with Crippen LogP contribution in [-0.4, -0.2) is 23.7 Å². The molecule has 0 N–H and O–H groups in total. The van der Waals surface area contributed by atoms with Gasteiger partial charge in [-0.2, -0.15) is 0 Å². The fourth-order valence-corrected chi connectivity index (χ4v) is 2.63. The number of amidine groups is 1. The van der Waals surface area contributed by atoms with E-state index in [1.807, 2.05) is 30.3 Å². The third kappa shape index (κ3) is 2.05. The molecule has 21 heavy (non-hydrogen) atoms. The van der Waals surface area contributed by atoms with Crippen LogP contribution in [0.5, 0.6) is 0 Å². The second-order valence-electron chi connectivity index (χ2n) is 5.50. The van der Waals surface area contributed by atoms with Crippen LogP contribution in [0.2, 0.25) is 0 Å². The van der Waals surface area contributed by atoms with Crippen molar-refractivity contribution in [1.82, 2.24) is 4.90 Å². The van der Waals surface area contributed by atoms with Crippen LogP contribution in [0.25, 0.3) is 0 Å². The summed E-state index contributed by atoms with van der Waals surface area (Å²) in [5.74, 6) is 0.729. The Hall–Kier alpha value is -2.42. The first-order chi connectivity index (χ1) is 10.0. The van der Waals surface area contributed by atoms with E-state index >= 15 is 0 Å². The third-order valence-corrected chi connectivity index (χ3v) is 4.28. The summed E-state index contributed by atoms with van der Waals surface area (Å²) in [6.07, 6.45) is 0. The summed E-state index contributed by atoms with van der Waals surface area (Å²) in [6, 6.07) is 11.7. The number of carbonyl (C=O) groups excluding carboxylic acids is 1. The largest absolute Gasteiger partial charge is 0.295 e. The van der Waals surface area contributed by atoms with Gasteiger partial charge in [0.15, 0.2) is 0 Å². The van der Waals surface area contributed by atoms with Crippen molar-refractivity contribution in [2.75, 3.05) is 7.05 Å². The van der Waals surface area contributed by atoms with Crippen LogP contribution < -0.4 is 0 Å². The van der Waals surface area contributed by atoms with Crippen LogP contribution in [0.4, 0.5) is 5.69 Å². The van der Waals surface area contributed by atoms with E-state index in [9.17, 15) is 4.79 Å². The number of nitrogens with zero attached hydrogens (tertiary/aromatic N) is 2. The minimum Gasteiger partial charge on any atom is -0.295 e. The summed E-state index contributed by atoms with van der Waals surface area (Å²) in [5, 5.41) is 0. The van der Waals surface area contributed by atoms with E-state index in [4.69, 9.17) is 4.99 Å². The second kappa shape index (κ2) is 4.85. The van der Waals surface area contributed by atoms with Gasteiger partial charge in [0.2, 0.25) is 0 Å². The van der Waals surface area contributed by atoms with Gasteiger partial charge < -0.3 is 0 Å². The molecule has 0 saturated heterocycles. The first-order valence-corrected chi connectivity index (χ1v) is 7.03. The summed E-state index contributed by atoms with van der Waals surface area (Å²) >= 11 is 0. The van der Waals surface area contributed by atoms with Crippen LogP contribution in [0.15, 0.2) is 41.4 Å². The molecule has 0 saturated carbocycles. The maximum atomic E-state index is 12.2. The fourth-order valence-electron chi connectivity index (χ4n) is 2.63. The van der Waals surface area contributed by atoms with Gasteiger partial charge in [0, 0.05) is 12.6 Å². The van der Waals surface area contributed by atoms with E-state index in [2.05, 4.69) is 26.8 Å². The van der Waals surface area contributed by atoms with Gasteiger partial charge >= 0.3 is 0 Å². The van der Waals surface area contributed by atoms with Crippen LogP contribution in [0, 0.1) is 20.8 Å². The van der Waals surface area contributed by atoms with Crippen molar-refractivity contribution in [2.45, 2.75) is 20.8 Å². The Morgan fingerprint density at radius 3 is 2.29 bits per heavy atom. The Kier molecular flexibility index (Phi) is 3.13. The second-order valence-corrected chi connectivity index (χ2v) is 5.50. The molecule has 0 radical (unpaired) electrons. The highest BCUT2D eigenvalue weighted by atomic mass is 16.2. The van der Waals surface area contributed by atoms with Crippen molar-refractivity contribution in [3.8, 4) is 0 Å².